The van der Waals surface area contributed by atoms with Gasteiger partial charge in [0, 0.05) is 20.9 Å². The fourth-order valence-electron chi connectivity index (χ4n) is 2.31. The molecule has 0 radical (unpaired) electrons. The van der Waals surface area contributed by atoms with Gasteiger partial charge in [0.05, 0.1) is 18.3 Å². The second-order valence-electron chi connectivity index (χ2n) is 4.64. The Balaban J connectivity index is 1.93. The van der Waals surface area contributed by atoms with E-state index in [4.69, 9.17) is 4.74 Å². The molecule has 20 heavy (non-hydrogen) atoms. The zero-order chi connectivity index (χ0) is 14.1. The molecule has 1 N–H and O–H groups in total. The van der Waals surface area contributed by atoms with E-state index in [0.717, 1.165) is 32.4 Å². The van der Waals surface area contributed by atoms with Crippen LogP contribution in [0.25, 0.3) is 0 Å². The number of hydrogen-bond acceptors (Lipinski definition) is 2. The zero-order valence-corrected chi connectivity index (χ0v) is 13.7. The first kappa shape index (κ1) is 13.9. The Bertz CT molecular complexity index is 648. The third kappa shape index (κ3) is 2.83. The van der Waals surface area contributed by atoms with Crippen LogP contribution >= 0.6 is 31.9 Å². The van der Waals surface area contributed by atoms with Crippen molar-refractivity contribution in [3.05, 3.63) is 56.7 Å². The first-order valence-electron chi connectivity index (χ1n) is 6.27. The molecule has 0 aromatic heterocycles. The summed E-state index contributed by atoms with van der Waals surface area (Å²) in [6.45, 7) is 0.652. The van der Waals surface area contributed by atoms with E-state index in [2.05, 4.69) is 37.2 Å². The Morgan fingerprint density at radius 1 is 1.15 bits per heavy atom. The Morgan fingerprint density at radius 3 is 2.85 bits per heavy atom. The highest BCUT2D eigenvalue weighted by atomic mass is 79.9. The highest BCUT2D eigenvalue weighted by Gasteiger charge is 2.22. The Labute approximate surface area is 133 Å². The maximum atomic E-state index is 13.4. The molecule has 0 aliphatic carbocycles. The molecule has 1 unspecified atom stereocenters. The van der Waals surface area contributed by atoms with E-state index in [1.54, 1.807) is 6.07 Å². The van der Waals surface area contributed by atoms with Crippen LogP contribution in [0.2, 0.25) is 0 Å². The standard InChI is InChI=1S/C15H12Br2FNO/c16-9-1-4-15-11(7-9)13(5-6-20-15)19-14-8-10(18)2-3-12(14)17/h1-4,7-8,13,19H,5-6H2. The average molecular weight is 401 g/mol. The monoisotopic (exact) mass is 399 g/mol. The van der Waals surface area contributed by atoms with Gasteiger partial charge in [-0.2, -0.15) is 0 Å². The average Bonchev–Trinajstić information content (AvgIpc) is 2.43. The minimum Gasteiger partial charge on any atom is -0.493 e. The van der Waals surface area contributed by atoms with E-state index in [9.17, 15) is 4.39 Å². The second-order valence-corrected chi connectivity index (χ2v) is 6.41. The quantitative estimate of drug-likeness (QED) is 0.739. The smallest absolute Gasteiger partial charge is 0.125 e. The SMILES string of the molecule is Fc1ccc(Br)c(NC2CCOc3ccc(Br)cc32)c1. The molecule has 1 atom stereocenters. The van der Waals surface area contributed by atoms with Crippen LogP contribution in [-0.4, -0.2) is 6.61 Å². The summed E-state index contributed by atoms with van der Waals surface area (Å²) >= 11 is 6.92. The van der Waals surface area contributed by atoms with Crippen molar-refractivity contribution in [2.24, 2.45) is 0 Å². The topological polar surface area (TPSA) is 21.3 Å². The van der Waals surface area contributed by atoms with Gasteiger partial charge >= 0.3 is 0 Å². The van der Waals surface area contributed by atoms with E-state index < -0.39 is 0 Å². The van der Waals surface area contributed by atoms with E-state index in [-0.39, 0.29) is 11.9 Å². The fraction of sp³-hybridized carbons (Fsp3) is 0.200. The Morgan fingerprint density at radius 2 is 2.00 bits per heavy atom. The van der Waals surface area contributed by atoms with Crippen molar-refractivity contribution in [2.45, 2.75) is 12.5 Å². The van der Waals surface area contributed by atoms with E-state index in [0.29, 0.717) is 6.61 Å². The summed E-state index contributed by atoms with van der Waals surface area (Å²) in [5.41, 5.74) is 1.84. The Kier molecular flexibility index (Phi) is 3.98. The van der Waals surface area contributed by atoms with Crippen molar-refractivity contribution in [3.8, 4) is 5.75 Å². The molecule has 0 spiro atoms. The third-order valence-corrected chi connectivity index (χ3v) is 4.45. The van der Waals surface area contributed by atoms with Crippen LogP contribution in [0.4, 0.5) is 10.1 Å². The van der Waals surface area contributed by atoms with Gasteiger partial charge < -0.3 is 10.1 Å². The van der Waals surface area contributed by atoms with Gasteiger partial charge in [0.15, 0.2) is 0 Å². The molecule has 1 heterocycles. The molecule has 2 nitrogen and oxygen atoms in total. The van der Waals surface area contributed by atoms with Gasteiger partial charge in [0.1, 0.15) is 11.6 Å². The summed E-state index contributed by atoms with van der Waals surface area (Å²) in [7, 11) is 0. The lowest BCUT2D eigenvalue weighted by atomic mass is 10.0. The fourth-order valence-corrected chi connectivity index (χ4v) is 3.05. The first-order valence-corrected chi connectivity index (χ1v) is 7.86. The molecule has 0 saturated carbocycles. The van der Waals surface area contributed by atoms with Gasteiger partial charge in [0.25, 0.3) is 0 Å². The van der Waals surface area contributed by atoms with Crippen molar-refractivity contribution in [1.29, 1.82) is 0 Å². The van der Waals surface area contributed by atoms with Gasteiger partial charge in [0.2, 0.25) is 0 Å². The minimum atomic E-state index is -0.253. The predicted molar refractivity (Wildman–Crippen MR) is 84.7 cm³/mol. The first-order chi connectivity index (χ1) is 9.63. The number of fused-ring (bicyclic) bond motifs is 1. The lowest BCUT2D eigenvalue weighted by molar-refractivity contribution is 0.274. The summed E-state index contributed by atoms with van der Waals surface area (Å²) in [5.74, 6) is 0.627. The number of rotatable bonds is 2. The van der Waals surface area contributed by atoms with Crippen molar-refractivity contribution in [1.82, 2.24) is 0 Å². The van der Waals surface area contributed by atoms with Crippen molar-refractivity contribution in [3.63, 3.8) is 0 Å². The van der Waals surface area contributed by atoms with Crippen LogP contribution in [0, 0.1) is 5.82 Å². The highest BCUT2D eigenvalue weighted by Crippen LogP contribution is 2.37. The number of anilines is 1. The maximum Gasteiger partial charge on any atom is 0.125 e. The van der Waals surface area contributed by atoms with Crippen molar-refractivity contribution < 1.29 is 9.13 Å². The number of ether oxygens (including phenoxy) is 1. The molecule has 2 aromatic carbocycles. The van der Waals surface area contributed by atoms with Crippen LogP contribution in [0.1, 0.15) is 18.0 Å². The molecule has 2 aromatic rings. The van der Waals surface area contributed by atoms with Gasteiger partial charge in [-0.25, -0.2) is 4.39 Å². The van der Waals surface area contributed by atoms with Crippen LogP contribution in [0.15, 0.2) is 45.3 Å². The zero-order valence-electron chi connectivity index (χ0n) is 10.5. The molecule has 0 amide bonds. The lowest BCUT2D eigenvalue weighted by Crippen LogP contribution is -2.20. The summed E-state index contributed by atoms with van der Waals surface area (Å²) in [6, 6.07) is 10.7. The largest absolute Gasteiger partial charge is 0.493 e. The predicted octanol–water partition coefficient (Wildman–Crippen LogP) is 5.29. The number of benzene rings is 2. The van der Waals surface area contributed by atoms with Gasteiger partial charge in [-0.3, -0.25) is 0 Å². The number of nitrogens with one attached hydrogen (secondary N) is 1. The van der Waals surface area contributed by atoms with Gasteiger partial charge in [-0.15, -0.1) is 0 Å². The van der Waals surface area contributed by atoms with E-state index in [1.165, 1.54) is 12.1 Å². The highest BCUT2D eigenvalue weighted by molar-refractivity contribution is 9.10. The molecule has 0 fully saturated rings. The molecule has 3 rings (SSSR count). The summed E-state index contributed by atoms with van der Waals surface area (Å²) in [5, 5.41) is 3.39. The lowest BCUT2D eigenvalue weighted by Gasteiger charge is -2.28. The molecule has 1 aliphatic rings. The molecule has 5 heteroatoms. The maximum absolute atomic E-state index is 13.4. The summed E-state index contributed by atoms with van der Waals surface area (Å²) in [4.78, 5) is 0. The third-order valence-electron chi connectivity index (χ3n) is 3.27. The van der Waals surface area contributed by atoms with E-state index >= 15 is 0 Å². The number of halogens is 3. The van der Waals surface area contributed by atoms with Gasteiger partial charge in [-0.1, -0.05) is 15.9 Å². The van der Waals surface area contributed by atoms with Crippen molar-refractivity contribution >= 4 is 37.5 Å². The molecule has 0 saturated heterocycles. The second kappa shape index (κ2) is 5.74. The van der Waals surface area contributed by atoms with Crippen LogP contribution in [-0.2, 0) is 0 Å². The summed E-state index contributed by atoms with van der Waals surface area (Å²) < 4.78 is 20.9. The van der Waals surface area contributed by atoms with Crippen LogP contribution in [0.5, 0.6) is 5.75 Å². The van der Waals surface area contributed by atoms with Gasteiger partial charge in [-0.05, 0) is 52.3 Å². The molecule has 1 aliphatic heterocycles. The van der Waals surface area contributed by atoms with Crippen LogP contribution < -0.4 is 10.1 Å². The molecule has 104 valence electrons. The summed E-state index contributed by atoms with van der Waals surface area (Å²) in [6.07, 6.45) is 0.840. The molecular formula is C15H12Br2FNO. The molecule has 0 bridgehead atoms. The molecular weight excluding hydrogens is 389 g/mol. The van der Waals surface area contributed by atoms with Crippen LogP contribution in [0.3, 0.4) is 0 Å². The normalized spacial score (nSPS) is 17.2. The minimum absolute atomic E-state index is 0.106. The van der Waals surface area contributed by atoms with E-state index in [1.807, 2.05) is 18.2 Å². The number of hydrogen-bond donors (Lipinski definition) is 1. The van der Waals surface area contributed by atoms with Crippen molar-refractivity contribution in [2.75, 3.05) is 11.9 Å². The Hall–Kier alpha value is -1.07.